The molecular weight excluding hydrogens is 270 g/mol. The van der Waals surface area contributed by atoms with Gasteiger partial charge in [-0.1, -0.05) is 12.1 Å². The molecule has 4 N–H and O–H groups in total. The molecule has 1 heterocycles. The maximum absolute atomic E-state index is 11.7. The van der Waals surface area contributed by atoms with E-state index in [9.17, 15) is 9.59 Å². The Labute approximate surface area is 122 Å². The Morgan fingerprint density at radius 3 is 2.52 bits per heavy atom. The third-order valence-electron chi connectivity index (χ3n) is 2.73. The number of nitrogens with two attached hydrogens (primary N) is 1. The molecule has 0 saturated heterocycles. The fraction of sp³-hybridized carbons (Fsp3) is 0.214. The van der Waals surface area contributed by atoms with Crippen molar-refractivity contribution in [1.29, 1.82) is 0 Å². The lowest BCUT2D eigenvalue weighted by Crippen LogP contribution is -2.27. The zero-order valence-corrected chi connectivity index (χ0v) is 11.7. The number of benzene rings is 1. The summed E-state index contributed by atoms with van der Waals surface area (Å²) in [5.41, 5.74) is 7.14. The highest BCUT2D eigenvalue weighted by Gasteiger charge is 2.04. The van der Waals surface area contributed by atoms with Crippen molar-refractivity contribution in [3.8, 4) is 0 Å². The summed E-state index contributed by atoms with van der Waals surface area (Å²) in [6.45, 7) is 1.99. The van der Waals surface area contributed by atoms with Crippen LogP contribution in [0.25, 0.3) is 0 Å². The van der Waals surface area contributed by atoms with Crippen LogP contribution in [0.1, 0.15) is 12.5 Å². The van der Waals surface area contributed by atoms with Crippen molar-refractivity contribution in [3.63, 3.8) is 0 Å². The van der Waals surface area contributed by atoms with E-state index in [1.165, 1.54) is 11.6 Å². The van der Waals surface area contributed by atoms with Crippen molar-refractivity contribution in [2.45, 2.75) is 20.0 Å². The largest absolute Gasteiger partial charge is 0.382 e. The molecule has 2 amide bonds. The van der Waals surface area contributed by atoms with Crippen molar-refractivity contribution < 1.29 is 9.59 Å². The van der Waals surface area contributed by atoms with E-state index in [2.05, 4.69) is 15.7 Å². The van der Waals surface area contributed by atoms with Gasteiger partial charge >= 0.3 is 0 Å². The summed E-state index contributed by atoms with van der Waals surface area (Å²) in [4.78, 5) is 22.6. The molecule has 1 aromatic carbocycles. The average Bonchev–Trinajstić information content (AvgIpc) is 2.83. The molecule has 0 atom stereocenters. The van der Waals surface area contributed by atoms with Crippen LogP contribution in [0.15, 0.2) is 36.5 Å². The van der Waals surface area contributed by atoms with Gasteiger partial charge in [-0.2, -0.15) is 5.10 Å². The second-order valence-corrected chi connectivity index (χ2v) is 4.59. The second kappa shape index (κ2) is 6.56. The van der Waals surface area contributed by atoms with Crippen LogP contribution >= 0.6 is 0 Å². The van der Waals surface area contributed by atoms with Gasteiger partial charge in [-0.05, 0) is 23.8 Å². The molecule has 0 unspecified atom stereocenters. The number of hydrogen-bond donors (Lipinski definition) is 3. The summed E-state index contributed by atoms with van der Waals surface area (Å²) >= 11 is 0. The second-order valence-electron chi connectivity index (χ2n) is 4.59. The molecule has 21 heavy (non-hydrogen) atoms. The van der Waals surface area contributed by atoms with Gasteiger partial charge < -0.3 is 16.4 Å². The van der Waals surface area contributed by atoms with E-state index < -0.39 is 0 Å². The summed E-state index contributed by atoms with van der Waals surface area (Å²) in [6, 6.07) is 8.90. The van der Waals surface area contributed by atoms with Gasteiger partial charge in [0, 0.05) is 25.4 Å². The summed E-state index contributed by atoms with van der Waals surface area (Å²) in [7, 11) is 0. The first-order valence-corrected chi connectivity index (χ1v) is 6.45. The standard InChI is InChI=1S/C14H17N5O2/c1-10(20)17-12-4-2-11(3-5-12)8-16-14(21)9-19-7-6-13(15)18-19/h2-7H,8-9H2,1H3,(H2,15,18)(H,16,21)(H,17,20). The summed E-state index contributed by atoms with van der Waals surface area (Å²) in [5.74, 6) is 0.120. The SMILES string of the molecule is CC(=O)Nc1ccc(CNC(=O)Cn2ccc(N)n2)cc1. The molecule has 0 spiro atoms. The van der Waals surface area contributed by atoms with Crippen LogP contribution in [0, 0.1) is 0 Å². The predicted molar refractivity (Wildman–Crippen MR) is 79.2 cm³/mol. The Morgan fingerprint density at radius 1 is 1.24 bits per heavy atom. The van der Waals surface area contributed by atoms with Gasteiger partial charge in [0.1, 0.15) is 12.4 Å². The Bertz CT molecular complexity index is 633. The Hall–Kier alpha value is -2.83. The van der Waals surface area contributed by atoms with E-state index in [0.717, 1.165) is 11.3 Å². The van der Waals surface area contributed by atoms with Gasteiger partial charge in [0.2, 0.25) is 11.8 Å². The highest BCUT2D eigenvalue weighted by molar-refractivity contribution is 5.88. The van der Waals surface area contributed by atoms with Crippen LogP contribution in [0.4, 0.5) is 11.5 Å². The van der Waals surface area contributed by atoms with Gasteiger partial charge in [0.15, 0.2) is 0 Å². The van der Waals surface area contributed by atoms with E-state index in [-0.39, 0.29) is 18.4 Å². The third kappa shape index (κ3) is 4.64. The topological polar surface area (TPSA) is 102 Å². The molecule has 110 valence electrons. The number of hydrogen-bond acceptors (Lipinski definition) is 4. The molecule has 0 radical (unpaired) electrons. The minimum atomic E-state index is -0.149. The number of amides is 2. The minimum absolute atomic E-state index is 0.116. The van der Waals surface area contributed by atoms with E-state index >= 15 is 0 Å². The number of carbonyl (C=O) groups excluding carboxylic acids is 2. The van der Waals surface area contributed by atoms with Crippen molar-refractivity contribution in [3.05, 3.63) is 42.1 Å². The number of aromatic nitrogens is 2. The average molecular weight is 287 g/mol. The molecule has 0 aliphatic rings. The van der Waals surface area contributed by atoms with E-state index in [1.54, 1.807) is 24.4 Å². The van der Waals surface area contributed by atoms with Crippen molar-refractivity contribution in [2.75, 3.05) is 11.1 Å². The maximum atomic E-state index is 11.7. The molecule has 2 aromatic rings. The lowest BCUT2D eigenvalue weighted by atomic mass is 10.2. The maximum Gasteiger partial charge on any atom is 0.241 e. The van der Waals surface area contributed by atoms with Crippen LogP contribution in [-0.2, 0) is 22.7 Å². The van der Waals surface area contributed by atoms with Crippen LogP contribution < -0.4 is 16.4 Å². The number of nitrogens with one attached hydrogen (secondary N) is 2. The molecule has 0 saturated carbocycles. The highest BCUT2D eigenvalue weighted by Crippen LogP contribution is 2.09. The van der Waals surface area contributed by atoms with Gasteiger partial charge in [-0.15, -0.1) is 0 Å². The molecule has 2 rings (SSSR count). The van der Waals surface area contributed by atoms with Crippen molar-refractivity contribution in [1.82, 2.24) is 15.1 Å². The number of nitrogen functional groups attached to an aromatic ring is 1. The Balaban J connectivity index is 1.82. The van der Waals surface area contributed by atoms with Crippen LogP contribution in [0.2, 0.25) is 0 Å². The first-order valence-electron chi connectivity index (χ1n) is 6.45. The molecule has 0 fully saturated rings. The fourth-order valence-electron chi connectivity index (χ4n) is 1.78. The zero-order valence-electron chi connectivity index (χ0n) is 11.7. The van der Waals surface area contributed by atoms with E-state index in [1.807, 2.05) is 12.1 Å². The van der Waals surface area contributed by atoms with Gasteiger partial charge in [0.05, 0.1) is 0 Å². The van der Waals surface area contributed by atoms with E-state index in [0.29, 0.717) is 12.4 Å². The molecule has 0 aliphatic heterocycles. The smallest absolute Gasteiger partial charge is 0.241 e. The first-order chi connectivity index (χ1) is 10.0. The lowest BCUT2D eigenvalue weighted by Gasteiger charge is -2.07. The van der Waals surface area contributed by atoms with Crippen LogP contribution in [0.5, 0.6) is 0 Å². The highest BCUT2D eigenvalue weighted by atomic mass is 16.2. The molecule has 0 bridgehead atoms. The summed E-state index contributed by atoms with van der Waals surface area (Å²) in [6.07, 6.45) is 1.65. The van der Waals surface area contributed by atoms with Crippen LogP contribution in [0.3, 0.4) is 0 Å². The quantitative estimate of drug-likeness (QED) is 0.754. The number of nitrogens with zero attached hydrogens (tertiary/aromatic N) is 2. The van der Waals surface area contributed by atoms with Gasteiger partial charge in [0.25, 0.3) is 0 Å². The zero-order chi connectivity index (χ0) is 15.2. The summed E-state index contributed by atoms with van der Waals surface area (Å²) < 4.78 is 1.48. The number of rotatable bonds is 5. The normalized spacial score (nSPS) is 10.1. The fourth-order valence-corrected chi connectivity index (χ4v) is 1.78. The molecule has 1 aromatic heterocycles. The molecular formula is C14H17N5O2. The predicted octanol–water partition coefficient (Wildman–Crippen LogP) is 0.740. The molecule has 7 nitrogen and oxygen atoms in total. The first kappa shape index (κ1) is 14.6. The third-order valence-corrected chi connectivity index (χ3v) is 2.73. The lowest BCUT2D eigenvalue weighted by molar-refractivity contribution is -0.122. The number of carbonyl (C=O) groups is 2. The number of anilines is 2. The monoisotopic (exact) mass is 287 g/mol. The Kier molecular flexibility index (Phi) is 4.55. The van der Waals surface area contributed by atoms with Crippen molar-refractivity contribution in [2.24, 2.45) is 0 Å². The van der Waals surface area contributed by atoms with Crippen LogP contribution in [-0.4, -0.2) is 21.6 Å². The van der Waals surface area contributed by atoms with Crippen molar-refractivity contribution >= 4 is 23.3 Å². The van der Waals surface area contributed by atoms with Gasteiger partial charge in [-0.3, -0.25) is 14.3 Å². The Morgan fingerprint density at radius 2 is 1.95 bits per heavy atom. The summed E-state index contributed by atoms with van der Waals surface area (Å²) in [5, 5.41) is 9.41. The molecule has 0 aliphatic carbocycles. The minimum Gasteiger partial charge on any atom is -0.382 e. The van der Waals surface area contributed by atoms with Gasteiger partial charge in [-0.25, -0.2) is 0 Å². The molecule has 7 heteroatoms. The van der Waals surface area contributed by atoms with E-state index in [4.69, 9.17) is 5.73 Å².